The van der Waals surface area contributed by atoms with E-state index in [1.807, 2.05) is 30.3 Å². The molecule has 0 fully saturated rings. The third kappa shape index (κ3) is 2.06. The van der Waals surface area contributed by atoms with Gasteiger partial charge < -0.3 is 4.74 Å². The largest absolute Gasteiger partial charge is 0.466 e. The molecule has 0 N–H and O–H groups in total. The maximum absolute atomic E-state index is 6.02. The smallest absolute Gasteiger partial charge is 0.217 e. The fourth-order valence-corrected chi connectivity index (χ4v) is 3.15. The summed E-state index contributed by atoms with van der Waals surface area (Å²) in [6.07, 6.45) is 0.0684. The monoisotopic (exact) mass is 257 g/mol. The van der Waals surface area contributed by atoms with Crippen LogP contribution in [0, 0.1) is 6.92 Å². The molecule has 1 aromatic carbocycles. The van der Waals surface area contributed by atoms with Gasteiger partial charge in [-0.3, -0.25) is 0 Å². The number of nitrogens with zero attached hydrogens (tertiary/aromatic N) is 1. The van der Waals surface area contributed by atoms with Crippen molar-refractivity contribution < 1.29 is 4.74 Å². The lowest BCUT2D eigenvalue weighted by atomic mass is 10.1. The van der Waals surface area contributed by atoms with Gasteiger partial charge in [-0.1, -0.05) is 18.2 Å². The van der Waals surface area contributed by atoms with E-state index in [0.29, 0.717) is 0 Å². The molecule has 2 atom stereocenters. The van der Waals surface area contributed by atoms with E-state index in [-0.39, 0.29) is 12.1 Å². The summed E-state index contributed by atoms with van der Waals surface area (Å²) in [5.74, 6) is 0.763. The van der Waals surface area contributed by atoms with Gasteiger partial charge in [-0.25, -0.2) is 4.99 Å². The van der Waals surface area contributed by atoms with Gasteiger partial charge in [0.25, 0.3) is 0 Å². The van der Waals surface area contributed by atoms with Crippen molar-refractivity contribution in [1.29, 1.82) is 0 Å². The summed E-state index contributed by atoms with van der Waals surface area (Å²) in [5.41, 5.74) is 2.35. The van der Waals surface area contributed by atoms with Crippen molar-refractivity contribution in [3.05, 3.63) is 57.8 Å². The fraction of sp³-hybridized carbons (Fsp3) is 0.267. The second-order valence-corrected chi connectivity index (χ2v) is 5.55. The summed E-state index contributed by atoms with van der Waals surface area (Å²) in [6.45, 7) is 4.22. The third-order valence-corrected chi connectivity index (χ3v) is 4.16. The highest BCUT2D eigenvalue weighted by molar-refractivity contribution is 7.10. The molecule has 2 heterocycles. The molecule has 18 heavy (non-hydrogen) atoms. The molecule has 0 radical (unpaired) electrons. The Morgan fingerprint density at radius 2 is 2.00 bits per heavy atom. The first-order chi connectivity index (χ1) is 8.74. The molecular formula is C15H15NOS. The average molecular weight is 257 g/mol. The number of thiophene rings is 1. The van der Waals surface area contributed by atoms with Crippen LogP contribution in [-0.2, 0) is 4.74 Å². The van der Waals surface area contributed by atoms with Gasteiger partial charge in [0.15, 0.2) is 6.10 Å². The first-order valence-electron chi connectivity index (χ1n) is 6.09. The van der Waals surface area contributed by atoms with E-state index in [1.54, 1.807) is 11.3 Å². The van der Waals surface area contributed by atoms with Gasteiger partial charge in [-0.05, 0) is 43.0 Å². The summed E-state index contributed by atoms with van der Waals surface area (Å²) in [7, 11) is 0. The number of hydrogen-bond donors (Lipinski definition) is 0. The van der Waals surface area contributed by atoms with Crippen molar-refractivity contribution >= 4 is 17.2 Å². The van der Waals surface area contributed by atoms with Crippen molar-refractivity contribution in [1.82, 2.24) is 0 Å². The van der Waals surface area contributed by atoms with Gasteiger partial charge in [0, 0.05) is 10.4 Å². The van der Waals surface area contributed by atoms with E-state index in [4.69, 9.17) is 4.74 Å². The minimum Gasteiger partial charge on any atom is -0.466 e. The van der Waals surface area contributed by atoms with E-state index in [9.17, 15) is 0 Å². The standard InChI is InChI=1S/C15H15NOS/c1-10-8-13(18-9-10)14-11(2)16-15(17-14)12-6-4-3-5-7-12/h3-9,11,14H,1-2H3/t11-,14+/m0/s1. The number of aryl methyl sites for hydroxylation is 1. The summed E-state index contributed by atoms with van der Waals surface area (Å²) in [5, 5.41) is 2.16. The molecule has 0 bridgehead atoms. The van der Waals surface area contributed by atoms with E-state index >= 15 is 0 Å². The van der Waals surface area contributed by atoms with Crippen LogP contribution in [0.3, 0.4) is 0 Å². The second-order valence-electron chi connectivity index (χ2n) is 4.61. The minimum absolute atomic E-state index is 0.0684. The fourth-order valence-electron chi connectivity index (χ4n) is 2.12. The van der Waals surface area contributed by atoms with Crippen molar-refractivity contribution in [3.63, 3.8) is 0 Å². The molecule has 2 nitrogen and oxygen atoms in total. The van der Waals surface area contributed by atoms with Gasteiger partial charge >= 0.3 is 0 Å². The molecular weight excluding hydrogens is 242 g/mol. The van der Waals surface area contributed by atoms with Gasteiger partial charge in [-0.2, -0.15) is 0 Å². The second kappa shape index (κ2) is 4.58. The Bertz CT molecular complexity index is 573. The topological polar surface area (TPSA) is 21.6 Å². The maximum Gasteiger partial charge on any atom is 0.217 e. The number of hydrogen-bond acceptors (Lipinski definition) is 3. The van der Waals surface area contributed by atoms with Crippen LogP contribution < -0.4 is 0 Å². The number of aliphatic imine (C=N–C) groups is 1. The molecule has 0 unspecified atom stereocenters. The molecule has 92 valence electrons. The van der Waals surface area contributed by atoms with Crippen LogP contribution in [0.15, 0.2) is 46.8 Å². The molecule has 0 saturated carbocycles. The number of benzene rings is 1. The highest BCUT2D eigenvalue weighted by Gasteiger charge is 2.30. The third-order valence-electron chi connectivity index (χ3n) is 3.05. The lowest BCUT2D eigenvalue weighted by Crippen LogP contribution is -2.09. The van der Waals surface area contributed by atoms with E-state index in [0.717, 1.165) is 11.5 Å². The van der Waals surface area contributed by atoms with Gasteiger partial charge in [0.2, 0.25) is 5.90 Å². The number of rotatable bonds is 2. The predicted octanol–water partition coefficient (Wildman–Crippen LogP) is 3.96. The van der Waals surface area contributed by atoms with Crippen LogP contribution >= 0.6 is 11.3 Å². The summed E-state index contributed by atoms with van der Waals surface area (Å²) < 4.78 is 6.02. The highest BCUT2D eigenvalue weighted by atomic mass is 32.1. The molecule has 0 spiro atoms. The van der Waals surface area contributed by atoms with Crippen LogP contribution in [0.1, 0.15) is 29.0 Å². The van der Waals surface area contributed by atoms with Gasteiger partial charge in [0.05, 0.1) is 6.04 Å². The SMILES string of the molecule is Cc1csc([C@@H]2OC(c3ccccc3)=N[C@H]2C)c1. The lowest BCUT2D eigenvalue weighted by Gasteiger charge is -2.12. The Balaban J connectivity index is 1.85. The first kappa shape index (κ1) is 11.5. The Hall–Kier alpha value is -1.61. The minimum atomic E-state index is 0.0684. The predicted molar refractivity (Wildman–Crippen MR) is 75.3 cm³/mol. The van der Waals surface area contributed by atoms with Crippen molar-refractivity contribution in [2.75, 3.05) is 0 Å². The Kier molecular flexibility index (Phi) is 2.92. The zero-order valence-corrected chi connectivity index (χ0v) is 11.3. The molecule has 1 aromatic heterocycles. The quantitative estimate of drug-likeness (QED) is 0.798. The Morgan fingerprint density at radius 1 is 1.22 bits per heavy atom. The van der Waals surface area contributed by atoms with E-state index < -0.39 is 0 Å². The van der Waals surface area contributed by atoms with Crippen LogP contribution in [0.5, 0.6) is 0 Å². The Morgan fingerprint density at radius 3 is 2.67 bits per heavy atom. The molecule has 0 aliphatic carbocycles. The van der Waals surface area contributed by atoms with Crippen molar-refractivity contribution in [3.8, 4) is 0 Å². The average Bonchev–Trinajstić information content (AvgIpc) is 2.97. The van der Waals surface area contributed by atoms with Crippen molar-refractivity contribution in [2.24, 2.45) is 4.99 Å². The lowest BCUT2D eigenvalue weighted by molar-refractivity contribution is 0.206. The van der Waals surface area contributed by atoms with Crippen LogP contribution in [0.25, 0.3) is 0 Å². The summed E-state index contributed by atoms with van der Waals surface area (Å²) in [6, 6.07) is 12.5. The van der Waals surface area contributed by atoms with Crippen LogP contribution in [0.2, 0.25) is 0 Å². The van der Waals surface area contributed by atoms with E-state index in [2.05, 4.69) is 30.3 Å². The molecule has 2 aromatic rings. The highest BCUT2D eigenvalue weighted by Crippen LogP contribution is 2.34. The Labute approximate surface area is 111 Å². The summed E-state index contributed by atoms with van der Waals surface area (Å²) in [4.78, 5) is 5.89. The summed E-state index contributed by atoms with van der Waals surface area (Å²) >= 11 is 1.75. The van der Waals surface area contributed by atoms with Crippen molar-refractivity contribution in [2.45, 2.75) is 26.0 Å². The van der Waals surface area contributed by atoms with Crippen LogP contribution in [0.4, 0.5) is 0 Å². The molecule has 1 aliphatic heterocycles. The van der Waals surface area contributed by atoms with Gasteiger partial charge in [0.1, 0.15) is 0 Å². The first-order valence-corrected chi connectivity index (χ1v) is 6.97. The van der Waals surface area contributed by atoms with E-state index in [1.165, 1.54) is 10.4 Å². The molecule has 0 amide bonds. The maximum atomic E-state index is 6.02. The molecule has 1 aliphatic rings. The zero-order chi connectivity index (χ0) is 12.5. The molecule has 0 saturated heterocycles. The zero-order valence-electron chi connectivity index (χ0n) is 10.5. The van der Waals surface area contributed by atoms with Crippen LogP contribution in [-0.4, -0.2) is 11.9 Å². The van der Waals surface area contributed by atoms with Gasteiger partial charge in [-0.15, -0.1) is 11.3 Å². The molecule has 3 heteroatoms. The number of ether oxygens (including phenoxy) is 1. The normalized spacial score (nSPS) is 22.7. The molecule has 3 rings (SSSR count).